The predicted molar refractivity (Wildman–Crippen MR) is 113 cm³/mol. The number of carbonyl (C=O) groups excluding carboxylic acids is 2. The minimum atomic E-state index is -0.263. The van der Waals surface area contributed by atoms with Crippen LogP contribution in [0.15, 0.2) is 51.8 Å². The fraction of sp³-hybridized carbons (Fsp3) is 0.200. The van der Waals surface area contributed by atoms with Gasteiger partial charge in [-0.15, -0.1) is 0 Å². The van der Waals surface area contributed by atoms with Crippen LogP contribution >= 0.6 is 39.3 Å². The van der Waals surface area contributed by atoms with Crippen molar-refractivity contribution in [3.63, 3.8) is 0 Å². The molecule has 0 radical (unpaired) electrons. The van der Waals surface area contributed by atoms with Gasteiger partial charge in [-0.3, -0.25) is 14.5 Å². The molecular formula is C20H17BrClNO3S. The highest BCUT2D eigenvalue weighted by molar-refractivity contribution is 9.10. The lowest BCUT2D eigenvalue weighted by Crippen LogP contribution is -2.29. The van der Waals surface area contributed by atoms with Crippen LogP contribution in [0.5, 0.6) is 5.75 Å². The smallest absolute Gasteiger partial charge is 0.293 e. The summed E-state index contributed by atoms with van der Waals surface area (Å²) >= 11 is 10.5. The number of thioether (sulfide) groups is 1. The number of carbonyl (C=O) groups is 2. The molecule has 2 amide bonds. The highest BCUT2D eigenvalue weighted by atomic mass is 79.9. The molecule has 7 heteroatoms. The van der Waals surface area contributed by atoms with Gasteiger partial charge in [0.05, 0.1) is 21.5 Å². The van der Waals surface area contributed by atoms with Crippen molar-refractivity contribution in [1.29, 1.82) is 0 Å². The average Bonchev–Trinajstić information content (AvgIpc) is 2.90. The molecule has 0 atom stereocenters. The van der Waals surface area contributed by atoms with Crippen molar-refractivity contribution in [2.24, 2.45) is 0 Å². The molecule has 2 aromatic rings. The van der Waals surface area contributed by atoms with Crippen molar-refractivity contribution in [3.05, 3.63) is 68.0 Å². The summed E-state index contributed by atoms with van der Waals surface area (Å²) in [4.78, 5) is 26.5. The Bertz CT molecular complexity index is 878. The first-order valence-corrected chi connectivity index (χ1v) is 10.3. The summed E-state index contributed by atoms with van der Waals surface area (Å²) in [7, 11) is 1.53. The third-order valence-corrected chi connectivity index (χ3v) is 5.86. The van der Waals surface area contributed by atoms with Gasteiger partial charge in [-0.2, -0.15) is 0 Å². The van der Waals surface area contributed by atoms with E-state index in [0.29, 0.717) is 26.7 Å². The minimum Gasteiger partial charge on any atom is -0.494 e. The molecule has 1 heterocycles. The quantitative estimate of drug-likeness (QED) is 0.506. The number of benzene rings is 2. The molecule has 0 aliphatic carbocycles. The largest absolute Gasteiger partial charge is 0.494 e. The third kappa shape index (κ3) is 4.75. The predicted octanol–water partition coefficient (Wildman–Crippen LogP) is 5.78. The molecule has 2 aromatic carbocycles. The fourth-order valence-electron chi connectivity index (χ4n) is 2.79. The normalized spacial score (nSPS) is 15.7. The molecule has 4 nitrogen and oxygen atoms in total. The molecule has 1 fully saturated rings. The van der Waals surface area contributed by atoms with E-state index in [0.717, 1.165) is 30.2 Å². The van der Waals surface area contributed by atoms with Crippen LogP contribution in [0.3, 0.4) is 0 Å². The van der Waals surface area contributed by atoms with Gasteiger partial charge in [0.25, 0.3) is 11.1 Å². The number of rotatable bonds is 6. The second kappa shape index (κ2) is 8.95. The monoisotopic (exact) mass is 465 g/mol. The Hall–Kier alpha value is -1.76. The second-order valence-electron chi connectivity index (χ2n) is 5.94. The molecule has 1 aliphatic heterocycles. The van der Waals surface area contributed by atoms with Crippen molar-refractivity contribution in [2.45, 2.75) is 12.8 Å². The Morgan fingerprint density at radius 1 is 1.22 bits per heavy atom. The van der Waals surface area contributed by atoms with Crippen LogP contribution in [0.25, 0.3) is 6.08 Å². The van der Waals surface area contributed by atoms with Crippen molar-refractivity contribution in [2.75, 3.05) is 13.7 Å². The van der Waals surface area contributed by atoms with E-state index in [1.165, 1.54) is 17.6 Å². The highest BCUT2D eigenvalue weighted by Gasteiger charge is 2.34. The van der Waals surface area contributed by atoms with Gasteiger partial charge in [-0.25, -0.2) is 0 Å². The van der Waals surface area contributed by atoms with Crippen LogP contribution in [-0.4, -0.2) is 29.7 Å². The average molecular weight is 467 g/mol. The van der Waals surface area contributed by atoms with E-state index in [2.05, 4.69) is 15.9 Å². The lowest BCUT2D eigenvalue weighted by atomic mass is 10.1. The molecule has 1 saturated heterocycles. The lowest BCUT2D eigenvalue weighted by molar-refractivity contribution is -0.122. The van der Waals surface area contributed by atoms with Crippen molar-refractivity contribution < 1.29 is 14.3 Å². The number of hydrogen-bond donors (Lipinski definition) is 0. The molecule has 3 rings (SSSR count). The molecule has 0 aromatic heterocycles. The van der Waals surface area contributed by atoms with Crippen LogP contribution in [0.2, 0.25) is 5.02 Å². The van der Waals surface area contributed by atoms with Crippen LogP contribution < -0.4 is 4.74 Å². The number of aryl methyl sites for hydroxylation is 1. The Morgan fingerprint density at radius 3 is 2.63 bits per heavy atom. The summed E-state index contributed by atoms with van der Waals surface area (Å²) in [6.07, 6.45) is 3.23. The van der Waals surface area contributed by atoms with E-state index in [9.17, 15) is 9.59 Å². The van der Waals surface area contributed by atoms with Crippen molar-refractivity contribution in [3.8, 4) is 5.75 Å². The maximum atomic E-state index is 12.6. The summed E-state index contributed by atoms with van der Waals surface area (Å²) in [6.45, 7) is 0.407. The molecule has 0 saturated carbocycles. The summed E-state index contributed by atoms with van der Waals surface area (Å²) in [5.74, 6) is 0.268. The number of halogens is 2. The SMILES string of the molecule is COc1c(Cl)cc(/C=C2/SC(=O)N(CCCc3ccccc3)C2=O)cc1Br. The summed E-state index contributed by atoms with van der Waals surface area (Å²) in [5, 5.41) is 0.193. The van der Waals surface area contributed by atoms with E-state index < -0.39 is 0 Å². The summed E-state index contributed by atoms with van der Waals surface area (Å²) in [5.41, 5.74) is 1.92. The van der Waals surface area contributed by atoms with E-state index in [1.807, 2.05) is 30.3 Å². The zero-order chi connectivity index (χ0) is 19.4. The third-order valence-electron chi connectivity index (χ3n) is 4.09. The number of nitrogens with zero attached hydrogens (tertiary/aromatic N) is 1. The van der Waals surface area contributed by atoms with Crippen molar-refractivity contribution >= 4 is 56.5 Å². The number of ether oxygens (including phenoxy) is 1. The Morgan fingerprint density at radius 2 is 1.96 bits per heavy atom. The van der Waals surface area contributed by atoms with E-state index in [-0.39, 0.29) is 11.1 Å². The first kappa shape index (κ1) is 20.0. The molecular weight excluding hydrogens is 450 g/mol. The molecule has 0 bridgehead atoms. The van der Waals surface area contributed by atoms with Gasteiger partial charge >= 0.3 is 0 Å². The van der Waals surface area contributed by atoms with E-state index in [1.54, 1.807) is 18.2 Å². The van der Waals surface area contributed by atoms with Gasteiger partial charge in [0.1, 0.15) is 0 Å². The fourth-order valence-corrected chi connectivity index (χ4v) is 4.71. The van der Waals surface area contributed by atoms with Crippen molar-refractivity contribution in [1.82, 2.24) is 4.90 Å². The maximum absolute atomic E-state index is 12.6. The van der Waals surface area contributed by atoms with Gasteiger partial charge in [0.15, 0.2) is 5.75 Å². The van der Waals surface area contributed by atoms with Gasteiger partial charge in [-0.1, -0.05) is 41.9 Å². The highest BCUT2D eigenvalue weighted by Crippen LogP contribution is 2.37. The Labute approximate surface area is 175 Å². The van der Waals surface area contributed by atoms with E-state index >= 15 is 0 Å². The van der Waals surface area contributed by atoms with Crippen LogP contribution in [0.1, 0.15) is 17.5 Å². The Balaban J connectivity index is 1.69. The van der Waals surface area contributed by atoms with Gasteiger partial charge in [-0.05, 0) is 69.9 Å². The standard InChI is InChI=1S/C20H17BrClNO3S/c1-26-18-15(21)10-14(11-16(18)22)12-17-19(24)23(20(25)27-17)9-5-8-13-6-3-2-4-7-13/h2-4,6-7,10-12H,5,8-9H2,1H3/b17-12+. The Kier molecular flexibility index (Phi) is 6.63. The van der Waals surface area contributed by atoms with Crippen LogP contribution in [0.4, 0.5) is 4.79 Å². The second-order valence-corrected chi connectivity index (χ2v) is 8.20. The van der Waals surface area contributed by atoms with Gasteiger partial charge in [0, 0.05) is 6.54 Å². The maximum Gasteiger partial charge on any atom is 0.293 e. The molecule has 0 unspecified atom stereocenters. The van der Waals surface area contributed by atoms with Gasteiger partial charge < -0.3 is 4.74 Å². The van der Waals surface area contributed by atoms with Crippen LogP contribution in [0, 0.1) is 0 Å². The molecule has 27 heavy (non-hydrogen) atoms. The number of imide groups is 1. The first-order valence-electron chi connectivity index (χ1n) is 8.32. The lowest BCUT2D eigenvalue weighted by Gasteiger charge is -2.12. The zero-order valence-electron chi connectivity index (χ0n) is 14.6. The number of methoxy groups -OCH3 is 1. The zero-order valence-corrected chi connectivity index (χ0v) is 17.7. The minimum absolute atomic E-state index is 0.238. The van der Waals surface area contributed by atoms with Gasteiger partial charge in [0.2, 0.25) is 0 Å². The number of hydrogen-bond acceptors (Lipinski definition) is 4. The number of amides is 2. The van der Waals surface area contributed by atoms with Crippen LogP contribution in [-0.2, 0) is 11.2 Å². The molecule has 140 valence electrons. The molecule has 0 N–H and O–H groups in total. The van der Waals surface area contributed by atoms with E-state index in [4.69, 9.17) is 16.3 Å². The summed E-state index contributed by atoms with van der Waals surface area (Å²) < 4.78 is 5.89. The summed E-state index contributed by atoms with van der Waals surface area (Å²) in [6, 6.07) is 13.5. The molecule has 0 spiro atoms. The topological polar surface area (TPSA) is 46.6 Å². The molecule has 1 aliphatic rings. The first-order chi connectivity index (χ1) is 13.0.